The lowest BCUT2D eigenvalue weighted by Crippen LogP contribution is -2.53. The number of rotatable bonds is 60. The molecule has 0 spiro atoms. The number of aliphatic hydroxyl groups excluding tert-OH is 4. The summed E-state index contributed by atoms with van der Waals surface area (Å²) in [5.74, 6) is -0.594. The molecule has 0 aliphatic carbocycles. The van der Waals surface area contributed by atoms with Gasteiger partial charge in [-0.15, -0.1) is 0 Å². The van der Waals surface area contributed by atoms with Crippen LogP contribution in [-0.4, -0.2) is 57.3 Å². The molecule has 0 fully saturated rings. The van der Waals surface area contributed by atoms with Crippen LogP contribution >= 0.6 is 0 Å². The average Bonchev–Trinajstić information content (AvgIpc) is 3.39. The molecule has 0 aliphatic heterocycles. The Morgan fingerprint density at radius 2 is 0.583 bits per heavy atom. The number of carbonyl (C=O) groups is 1. The minimum Gasteiger partial charge on any atom is -0.394 e. The monoisotopic (exact) mass is 1010 g/mol. The van der Waals surface area contributed by atoms with Crippen LogP contribution in [0.15, 0.2) is 36.5 Å². The van der Waals surface area contributed by atoms with Gasteiger partial charge in [0.25, 0.3) is 0 Å². The van der Waals surface area contributed by atoms with Crippen molar-refractivity contribution in [2.24, 2.45) is 0 Å². The highest BCUT2D eigenvalue weighted by atomic mass is 16.3. The molecule has 1 amide bonds. The quantitative estimate of drug-likeness (QED) is 0.0308. The van der Waals surface area contributed by atoms with Crippen LogP contribution in [0.5, 0.6) is 0 Å². The molecule has 5 N–H and O–H groups in total. The van der Waals surface area contributed by atoms with E-state index in [1.165, 1.54) is 263 Å². The molecule has 0 aromatic heterocycles. The fraction of sp³-hybridized carbons (Fsp3) is 0.894. The fourth-order valence-corrected chi connectivity index (χ4v) is 10.3. The molecular weight excluding hydrogens is 887 g/mol. The predicted octanol–water partition coefficient (Wildman–Crippen LogP) is 19.5. The summed E-state index contributed by atoms with van der Waals surface area (Å²) in [4.78, 5) is 12.6. The van der Waals surface area contributed by atoms with Crippen molar-refractivity contribution in [2.45, 2.75) is 372 Å². The van der Waals surface area contributed by atoms with Crippen molar-refractivity contribution >= 4 is 5.91 Å². The molecule has 0 aliphatic rings. The van der Waals surface area contributed by atoms with Crippen LogP contribution < -0.4 is 5.32 Å². The van der Waals surface area contributed by atoms with Crippen LogP contribution in [0.1, 0.15) is 348 Å². The summed E-state index contributed by atoms with van der Waals surface area (Å²) in [5.41, 5.74) is 0. The zero-order chi connectivity index (χ0) is 52.3. The maximum atomic E-state index is 12.6. The Morgan fingerprint density at radius 1 is 0.333 bits per heavy atom. The molecule has 6 heteroatoms. The van der Waals surface area contributed by atoms with E-state index in [4.69, 9.17) is 0 Å². The average molecular weight is 1010 g/mol. The van der Waals surface area contributed by atoms with Gasteiger partial charge >= 0.3 is 0 Å². The van der Waals surface area contributed by atoms with Crippen LogP contribution in [0.2, 0.25) is 0 Å². The van der Waals surface area contributed by atoms with Gasteiger partial charge in [0, 0.05) is 0 Å². The van der Waals surface area contributed by atoms with Crippen molar-refractivity contribution in [3.63, 3.8) is 0 Å². The zero-order valence-corrected chi connectivity index (χ0v) is 48.4. The van der Waals surface area contributed by atoms with Gasteiger partial charge in [-0.25, -0.2) is 0 Å². The van der Waals surface area contributed by atoms with Crippen molar-refractivity contribution in [1.29, 1.82) is 0 Å². The molecular formula is C66H127NO5. The molecule has 4 atom stereocenters. The fourth-order valence-electron chi connectivity index (χ4n) is 10.3. The lowest BCUT2D eigenvalue weighted by Gasteiger charge is -2.27. The van der Waals surface area contributed by atoms with Gasteiger partial charge in [-0.1, -0.05) is 320 Å². The first-order chi connectivity index (χ1) is 35.5. The molecule has 0 bridgehead atoms. The maximum absolute atomic E-state index is 12.6. The van der Waals surface area contributed by atoms with E-state index in [2.05, 4.69) is 55.6 Å². The number of allylic oxidation sites excluding steroid dienone is 6. The molecule has 426 valence electrons. The molecule has 72 heavy (non-hydrogen) atoms. The molecule has 0 aromatic rings. The molecule has 0 heterocycles. The molecule has 4 unspecified atom stereocenters. The highest BCUT2D eigenvalue weighted by Crippen LogP contribution is 2.19. The third-order valence-corrected chi connectivity index (χ3v) is 15.3. The number of amides is 1. The highest BCUT2D eigenvalue weighted by Gasteiger charge is 2.28. The van der Waals surface area contributed by atoms with E-state index in [1.54, 1.807) is 0 Å². The van der Waals surface area contributed by atoms with Gasteiger partial charge in [0.05, 0.1) is 18.8 Å². The summed E-state index contributed by atoms with van der Waals surface area (Å²) in [6.07, 6.45) is 76.9. The minimum absolute atomic E-state index is 0.362. The van der Waals surface area contributed by atoms with E-state index < -0.39 is 36.9 Å². The van der Waals surface area contributed by atoms with E-state index in [0.717, 1.165) is 51.4 Å². The van der Waals surface area contributed by atoms with E-state index in [1.807, 2.05) is 0 Å². The van der Waals surface area contributed by atoms with Gasteiger partial charge in [-0.05, 0) is 64.2 Å². The van der Waals surface area contributed by atoms with Crippen molar-refractivity contribution in [2.75, 3.05) is 6.61 Å². The lowest BCUT2D eigenvalue weighted by molar-refractivity contribution is -0.132. The van der Waals surface area contributed by atoms with E-state index in [0.29, 0.717) is 19.3 Å². The summed E-state index contributed by atoms with van der Waals surface area (Å²) in [6, 6.07) is -1.01. The van der Waals surface area contributed by atoms with Gasteiger partial charge in [0.15, 0.2) is 0 Å². The van der Waals surface area contributed by atoms with Crippen LogP contribution in [0.25, 0.3) is 0 Å². The maximum Gasteiger partial charge on any atom is 0.249 e. The lowest BCUT2D eigenvalue weighted by atomic mass is 10.00. The highest BCUT2D eigenvalue weighted by molar-refractivity contribution is 5.80. The number of aliphatic hydroxyl groups is 4. The largest absolute Gasteiger partial charge is 0.394 e. The van der Waals surface area contributed by atoms with Crippen molar-refractivity contribution in [1.82, 2.24) is 5.32 Å². The van der Waals surface area contributed by atoms with Crippen LogP contribution in [0.3, 0.4) is 0 Å². The van der Waals surface area contributed by atoms with Gasteiger partial charge in [0.2, 0.25) is 5.91 Å². The summed E-state index contributed by atoms with van der Waals surface area (Å²) >= 11 is 0. The normalized spacial score (nSPS) is 13.8. The Balaban J connectivity index is 3.56. The van der Waals surface area contributed by atoms with E-state index in [-0.39, 0.29) is 0 Å². The molecule has 0 saturated carbocycles. The van der Waals surface area contributed by atoms with Gasteiger partial charge < -0.3 is 25.7 Å². The summed E-state index contributed by atoms with van der Waals surface area (Å²) < 4.78 is 0. The van der Waals surface area contributed by atoms with Crippen molar-refractivity contribution in [3.05, 3.63) is 36.5 Å². The van der Waals surface area contributed by atoms with Crippen LogP contribution in [0, 0.1) is 0 Å². The van der Waals surface area contributed by atoms with Crippen molar-refractivity contribution in [3.8, 4) is 0 Å². The third kappa shape index (κ3) is 53.4. The van der Waals surface area contributed by atoms with Crippen LogP contribution in [-0.2, 0) is 4.79 Å². The topological polar surface area (TPSA) is 110 Å². The first-order valence-corrected chi connectivity index (χ1v) is 32.4. The van der Waals surface area contributed by atoms with Gasteiger partial charge in [-0.3, -0.25) is 4.79 Å². The predicted molar refractivity (Wildman–Crippen MR) is 316 cm³/mol. The molecule has 0 aromatic carbocycles. The first kappa shape index (κ1) is 70.5. The molecule has 0 rings (SSSR count). The van der Waals surface area contributed by atoms with Crippen molar-refractivity contribution < 1.29 is 25.2 Å². The zero-order valence-electron chi connectivity index (χ0n) is 48.4. The number of carbonyl (C=O) groups excluding carboxylic acids is 1. The number of hydrogen-bond donors (Lipinski definition) is 5. The standard InChI is InChI=1S/C66H127NO5/c1-3-5-7-9-11-13-15-17-19-21-23-25-26-27-28-29-30-31-32-33-34-35-36-37-38-39-40-42-44-46-48-50-52-54-56-58-60-64(70)66(72)67-62(61-68)65(71)63(69)59-57-55-53-51-49-47-45-43-41-24-22-20-18-16-14-12-10-8-6-4-2/h20,22,43,45,51,53,62-65,68-71H,3-19,21,23-42,44,46-50,52,54-61H2,1-2H3,(H,67,72)/b22-20+,45-43+,53-51+. The third-order valence-electron chi connectivity index (χ3n) is 15.3. The van der Waals surface area contributed by atoms with Gasteiger partial charge in [0.1, 0.15) is 12.2 Å². The minimum atomic E-state index is -1.29. The second-order valence-corrected chi connectivity index (χ2v) is 22.4. The molecule has 6 nitrogen and oxygen atoms in total. The SMILES string of the molecule is CCCCCCCCC/C=C/CC/C=C/CC/C=C/CCCC(O)C(O)C(CO)NC(=O)C(O)CCCCCCCCCCCCCCCCCCCCCCCCCCCCCCCCCCCCCC. The first-order valence-electron chi connectivity index (χ1n) is 32.4. The number of hydrogen-bond acceptors (Lipinski definition) is 5. The van der Waals surface area contributed by atoms with Gasteiger partial charge in [-0.2, -0.15) is 0 Å². The smallest absolute Gasteiger partial charge is 0.249 e. The van der Waals surface area contributed by atoms with Crippen LogP contribution in [0.4, 0.5) is 0 Å². The van der Waals surface area contributed by atoms with E-state index >= 15 is 0 Å². The second-order valence-electron chi connectivity index (χ2n) is 22.4. The molecule has 0 radical (unpaired) electrons. The Morgan fingerprint density at radius 3 is 0.875 bits per heavy atom. The Kier molecular flexibility index (Phi) is 59.2. The Labute approximate surface area is 449 Å². The Hall–Kier alpha value is -1.47. The summed E-state index contributed by atoms with van der Waals surface area (Å²) in [5, 5.41) is 44.0. The van der Waals surface area contributed by atoms with E-state index in [9.17, 15) is 25.2 Å². The second kappa shape index (κ2) is 60.4. The summed E-state index contributed by atoms with van der Waals surface area (Å²) in [6.45, 7) is 4.07. The number of nitrogens with one attached hydrogen (secondary N) is 1. The Bertz CT molecular complexity index is 1140. The summed E-state index contributed by atoms with van der Waals surface area (Å²) in [7, 11) is 0. The number of unbranched alkanes of at least 4 members (excludes halogenated alkanes) is 45. The molecule has 0 saturated heterocycles.